The van der Waals surface area contributed by atoms with Crippen molar-refractivity contribution < 1.29 is 4.79 Å². The quantitative estimate of drug-likeness (QED) is 0.679. The predicted molar refractivity (Wildman–Crippen MR) is 105 cm³/mol. The number of amides is 1. The second-order valence-corrected chi connectivity index (χ2v) is 7.69. The van der Waals surface area contributed by atoms with Gasteiger partial charge in [-0.25, -0.2) is 4.98 Å². The molecule has 3 rings (SSSR count). The van der Waals surface area contributed by atoms with Crippen LogP contribution in [-0.2, 0) is 6.42 Å². The molecule has 0 fully saturated rings. The van der Waals surface area contributed by atoms with Gasteiger partial charge in [-0.05, 0) is 29.7 Å². The number of hydrogen-bond donors (Lipinski definition) is 2. The molecule has 1 aromatic carbocycles. The molecular weight excluding hydrogens is 370 g/mol. The number of carbonyl (C=O) groups excluding carboxylic acids is 1. The minimum atomic E-state index is -0.472. The number of aromatic nitrogens is 2. The van der Waals surface area contributed by atoms with E-state index in [4.69, 9.17) is 11.6 Å². The highest BCUT2D eigenvalue weighted by Crippen LogP contribution is 2.24. The molecule has 0 unspecified atom stereocenters. The molecule has 2 aromatic heterocycles. The first-order chi connectivity index (χ1) is 12.4. The standard InChI is InChI=1S/C19H18ClN3O2S/c1-11(2)16-8-7-14(17(24)22-16)18(25)23-19-21-10-13(26-19)9-12-5-3-4-6-15(12)20/h3-8,10-11H,9H2,1-2H3,(H,22,24)(H,21,23,25). The van der Waals surface area contributed by atoms with Gasteiger partial charge in [0.2, 0.25) is 0 Å². The monoisotopic (exact) mass is 387 g/mol. The maximum Gasteiger partial charge on any atom is 0.263 e. The molecule has 0 saturated heterocycles. The van der Waals surface area contributed by atoms with Gasteiger partial charge in [0.25, 0.3) is 11.5 Å². The number of hydrogen-bond acceptors (Lipinski definition) is 4. The zero-order valence-electron chi connectivity index (χ0n) is 14.4. The van der Waals surface area contributed by atoms with Crippen molar-refractivity contribution in [2.75, 3.05) is 5.32 Å². The van der Waals surface area contributed by atoms with E-state index in [0.717, 1.165) is 16.1 Å². The van der Waals surface area contributed by atoms with Crippen molar-refractivity contribution in [1.82, 2.24) is 9.97 Å². The number of benzene rings is 1. The van der Waals surface area contributed by atoms with Crippen LogP contribution >= 0.6 is 22.9 Å². The van der Waals surface area contributed by atoms with Crippen molar-refractivity contribution in [3.05, 3.63) is 79.7 Å². The minimum Gasteiger partial charge on any atom is -0.325 e. The van der Waals surface area contributed by atoms with Crippen molar-refractivity contribution in [3.63, 3.8) is 0 Å². The van der Waals surface area contributed by atoms with Gasteiger partial charge in [0.05, 0.1) is 0 Å². The highest BCUT2D eigenvalue weighted by Gasteiger charge is 2.14. The predicted octanol–water partition coefficient (Wildman–Crippen LogP) is 4.45. The molecule has 0 saturated carbocycles. The summed E-state index contributed by atoms with van der Waals surface area (Å²) in [5.41, 5.74) is 1.46. The molecule has 3 aromatic rings. The van der Waals surface area contributed by atoms with E-state index in [1.165, 1.54) is 11.3 Å². The van der Waals surface area contributed by atoms with Crippen LogP contribution in [0.5, 0.6) is 0 Å². The molecule has 0 aliphatic rings. The zero-order valence-corrected chi connectivity index (χ0v) is 15.9. The highest BCUT2D eigenvalue weighted by molar-refractivity contribution is 7.15. The fourth-order valence-electron chi connectivity index (χ4n) is 2.45. The summed E-state index contributed by atoms with van der Waals surface area (Å²) in [6.45, 7) is 3.95. The summed E-state index contributed by atoms with van der Waals surface area (Å²) in [7, 11) is 0. The number of thiazole rings is 1. The van der Waals surface area contributed by atoms with E-state index in [1.54, 1.807) is 18.3 Å². The zero-order chi connectivity index (χ0) is 18.7. The van der Waals surface area contributed by atoms with Crippen LogP contribution in [0.3, 0.4) is 0 Å². The molecule has 1 amide bonds. The van der Waals surface area contributed by atoms with Crippen LogP contribution in [-0.4, -0.2) is 15.9 Å². The summed E-state index contributed by atoms with van der Waals surface area (Å²) in [6.07, 6.45) is 2.34. The van der Waals surface area contributed by atoms with E-state index in [-0.39, 0.29) is 11.5 Å². The van der Waals surface area contributed by atoms with Gasteiger partial charge in [0.15, 0.2) is 5.13 Å². The third-order valence-corrected chi connectivity index (χ3v) is 5.18. The van der Waals surface area contributed by atoms with Crippen LogP contribution in [0, 0.1) is 0 Å². The van der Waals surface area contributed by atoms with Gasteiger partial charge in [-0.3, -0.25) is 14.9 Å². The van der Waals surface area contributed by atoms with Crippen molar-refractivity contribution >= 4 is 34.0 Å². The van der Waals surface area contributed by atoms with Gasteiger partial charge in [-0.2, -0.15) is 0 Å². The first-order valence-electron chi connectivity index (χ1n) is 8.16. The molecule has 5 nitrogen and oxygen atoms in total. The average Bonchev–Trinajstić information content (AvgIpc) is 3.03. The average molecular weight is 388 g/mol. The Morgan fingerprint density at radius 3 is 2.73 bits per heavy atom. The van der Waals surface area contributed by atoms with Gasteiger partial charge >= 0.3 is 0 Å². The molecule has 2 heterocycles. The Morgan fingerprint density at radius 1 is 1.27 bits per heavy atom. The first kappa shape index (κ1) is 18.4. The molecule has 26 heavy (non-hydrogen) atoms. The van der Waals surface area contributed by atoms with Crippen molar-refractivity contribution in [2.45, 2.75) is 26.2 Å². The molecule has 7 heteroatoms. The molecule has 0 bridgehead atoms. The van der Waals surface area contributed by atoms with E-state index in [0.29, 0.717) is 16.6 Å². The van der Waals surface area contributed by atoms with Crippen molar-refractivity contribution in [1.29, 1.82) is 0 Å². The number of nitrogens with one attached hydrogen (secondary N) is 2. The Hall–Kier alpha value is -2.44. The summed E-state index contributed by atoms with van der Waals surface area (Å²) in [4.78, 5) is 32.4. The van der Waals surface area contributed by atoms with Crippen LogP contribution in [0.4, 0.5) is 5.13 Å². The molecule has 0 radical (unpaired) electrons. The Kier molecular flexibility index (Phi) is 5.54. The van der Waals surface area contributed by atoms with Gasteiger partial charge in [-0.15, -0.1) is 11.3 Å². The summed E-state index contributed by atoms with van der Waals surface area (Å²) in [5.74, 6) is -0.286. The van der Waals surface area contributed by atoms with Crippen molar-refractivity contribution in [3.8, 4) is 0 Å². The van der Waals surface area contributed by atoms with Gasteiger partial charge in [-0.1, -0.05) is 43.6 Å². The lowest BCUT2D eigenvalue weighted by molar-refractivity contribution is 0.102. The third kappa shape index (κ3) is 4.20. The van der Waals surface area contributed by atoms with E-state index in [1.807, 2.05) is 38.1 Å². The van der Waals surface area contributed by atoms with E-state index >= 15 is 0 Å². The van der Waals surface area contributed by atoms with Gasteiger partial charge in [0.1, 0.15) is 5.56 Å². The lowest BCUT2D eigenvalue weighted by atomic mass is 10.1. The van der Waals surface area contributed by atoms with E-state index in [9.17, 15) is 9.59 Å². The molecule has 0 atom stereocenters. The fraction of sp³-hybridized carbons (Fsp3) is 0.211. The second-order valence-electron chi connectivity index (χ2n) is 6.17. The van der Waals surface area contributed by atoms with Crippen molar-refractivity contribution in [2.24, 2.45) is 0 Å². The fourth-order valence-corrected chi connectivity index (χ4v) is 3.48. The van der Waals surface area contributed by atoms with Gasteiger partial charge in [0, 0.05) is 28.2 Å². The normalized spacial score (nSPS) is 10.9. The summed E-state index contributed by atoms with van der Waals surface area (Å²) >= 11 is 7.53. The number of H-pyrrole nitrogens is 1. The number of anilines is 1. The van der Waals surface area contributed by atoms with Crippen LogP contribution in [0.15, 0.2) is 47.4 Å². The molecule has 0 aliphatic carbocycles. The Morgan fingerprint density at radius 2 is 2.04 bits per heavy atom. The number of aromatic amines is 1. The summed E-state index contributed by atoms with van der Waals surface area (Å²) in [6, 6.07) is 10.9. The van der Waals surface area contributed by atoms with Crippen LogP contribution in [0.1, 0.15) is 46.3 Å². The number of rotatable bonds is 5. The number of nitrogens with zero attached hydrogens (tertiary/aromatic N) is 1. The Balaban J connectivity index is 1.72. The van der Waals surface area contributed by atoms with Crippen LogP contribution in [0.2, 0.25) is 5.02 Å². The topological polar surface area (TPSA) is 74.8 Å². The maximum atomic E-state index is 12.4. The minimum absolute atomic E-state index is 0.0669. The first-order valence-corrected chi connectivity index (χ1v) is 9.36. The number of carbonyl (C=O) groups is 1. The lowest BCUT2D eigenvalue weighted by Crippen LogP contribution is -2.24. The van der Waals surface area contributed by atoms with E-state index in [2.05, 4.69) is 15.3 Å². The molecule has 0 aliphatic heterocycles. The molecule has 134 valence electrons. The highest BCUT2D eigenvalue weighted by atomic mass is 35.5. The maximum absolute atomic E-state index is 12.4. The van der Waals surface area contributed by atoms with Crippen LogP contribution < -0.4 is 10.9 Å². The third-order valence-electron chi connectivity index (χ3n) is 3.90. The Labute approximate surface area is 160 Å². The number of halogens is 1. The summed E-state index contributed by atoms with van der Waals surface area (Å²) in [5, 5.41) is 3.83. The molecule has 2 N–H and O–H groups in total. The van der Waals surface area contributed by atoms with E-state index < -0.39 is 11.5 Å². The Bertz CT molecular complexity index is 994. The SMILES string of the molecule is CC(C)c1ccc(C(=O)Nc2ncc(Cc3ccccc3Cl)s2)c(=O)[nH]1. The number of pyridine rings is 1. The molecular formula is C19H18ClN3O2S. The largest absolute Gasteiger partial charge is 0.325 e. The molecule has 0 spiro atoms. The lowest BCUT2D eigenvalue weighted by Gasteiger charge is -2.06. The smallest absolute Gasteiger partial charge is 0.263 e. The van der Waals surface area contributed by atoms with Crippen LogP contribution in [0.25, 0.3) is 0 Å². The van der Waals surface area contributed by atoms with Gasteiger partial charge < -0.3 is 4.98 Å². The second kappa shape index (κ2) is 7.85. The summed E-state index contributed by atoms with van der Waals surface area (Å²) < 4.78 is 0.